The van der Waals surface area contributed by atoms with Crippen LogP contribution in [0, 0.1) is 0 Å². The second-order valence-corrected chi connectivity index (χ2v) is 6.97. The number of ether oxygens (including phenoxy) is 1. The van der Waals surface area contributed by atoms with Gasteiger partial charge in [0.2, 0.25) is 11.9 Å². The van der Waals surface area contributed by atoms with Crippen molar-refractivity contribution in [1.82, 2.24) is 24.8 Å². The molecule has 3 heterocycles. The van der Waals surface area contributed by atoms with Crippen LogP contribution in [0.5, 0.6) is 6.01 Å². The van der Waals surface area contributed by atoms with Crippen molar-refractivity contribution in [2.24, 2.45) is 7.05 Å². The highest BCUT2D eigenvalue weighted by atomic mass is 16.5. The lowest BCUT2D eigenvalue weighted by Gasteiger charge is -2.16. The van der Waals surface area contributed by atoms with Gasteiger partial charge in [-0.05, 0) is 24.5 Å². The molecular weight excluding hydrogens is 356 g/mol. The molecule has 0 spiro atoms. The Morgan fingerprint density at radius 1 is 1.18 bits per heavy atom. The fourth-order valence-corrected chi connectivity index (χ4v) is 3.59. The average Bonchev–Trinajstić information content (AvgIpc) is 3.36. The van der Waals surface area contributed by atoms with Gasteiger partial charge in [-0.2, -0.15) is 15.0 Å². The van der Waals surface area contributed by atoms with Crippen LogP contribution in [0.25, 0.3) is 10.9 Å². The van der Waals surface area contributed by atoms with Crippen molar-refractivity contribution >= 4 is 22.8 Å². The van der Waals surface area contributed by atoms with Crippen molar-refractivity contribution in [3.63, 3.8) is 0 Å². The molecule has 3 aromatic rings. The van der Waals surface area contributed by atoms with Gasteiger partial charge in [-0.3, -0.25) is 4.79 Å². The smallest absolute Gasteiger partial charge is 0.321 e. The first-order chi connectivity index (χ1) is 13.6. The molecule has 1 aromatic carbocycles. The van der Waals surface area contributed by atoms with Crippen molar-refractivity contribution < 1.29 is 9.53 Å². The molecule has 0 saturated carbocycles. The van der Waals surface area contributed by atoms with E-state index in [9.17, 15) is 4.79 Å². The molecule has 1 amide bonds. The third-order valence-corrected chi connectivity index (χ3v) is 5.00. The fraction of sp³-hybridized carbons (Fsp3) is 0.400. The highest BCUT2D eigenvalue weighted by Gasteiger charge is 2.18. The third kappa shape index (κ3) is 3.76. The number of benzene rings is 1. The van der Waals surface area contributed by atoms with E-state index in [1.807, 2.05) is 42.1 Å². The molecule has 4 rings (SSSR count). The zero-order valence-electron chi connectivity index (χ0n) is 16.2. The summed E-state index contributed by atoms with van der Waals surface area (Å²) < 4.78 is 7.24. The first-order valence-corrected chi connectivity index (χ1v) is 9.47. The normalized spacial score (nSPS) is 13.9. The van der Waals surface area contributed by atoms with Crippen LogP contribution in [-0.2, 0) is 24.8 Å². The van der Waals surface area contributed by atoms with Crippen molar-refractivity contribution in [3.05, 3.63) is 41.9 Å². The number of methoxy groups -OCH3 is 1. The number of rotatable bonds is 6. The maximum absolute atomic E-state index is 12.5. The molecule has 28 heavy (non-hydrogen) atoms. The van der Waals surface area contributed by atoms with Gasteiger partial charge in [0.1, 0.15) is 0 Å². The number of nitrogens with one attached hydrogen (secondary N) is 1. The van der Waals surface area contributed by atoms with Crippen LogP contribution in [0.3, 0.4) is 0 Å². The molecule has 0 radical (unpaired) electrons. The van der Waals surface area contributed by atoms with Crippen molar-refractivity contribution in [1.29, 1.82) is 0 Å². The summed E-state index contributed by atoms with van der Waals surface area (Å²) in [6.45, 7) is 2.10. The Labute approximate surface area is 163 Å². The number of aromatic nitrogens is 4. The Morgan fingerprint density at radius 3 is 2.75 bits per heavy atom. The number of aryl methyl sites for hydroxylation is 1. The molecular formula is C20H24N6O2. The van der Waals surface area contributed by atoms with Gasteiger partial charge in [-0.25, -0.2) is 0 Å². The van der Waals surface area contributed by atoms with E-state index in [0.717, 1.165) is 42.4 Å². The van der Waals surface area contributed by atoms with Gasteiger partial charge < -0.3 is 19.5 Å². The van der Waals surface area contributed by atoms with Crippen LogP contribution < -0.4 is 15.0 Å². The average molecular weight is 380 g/mol. The standard InChI is InChI=1S/C20H24N6O2/c1-25-13-14(15-7-3-4-8-16(15)25)11-18(27)21-12-17-22-19(24-20(23-17)28-2)26-9-5-6-10-26/h3-4,7-8,13H,5-6,9-12H2,1-2H3,(H,21,27). The molecule has 2 aromatic heterocycles. The highest BCUT2D eigenvalue weighted by molar-refractivity contribution is 5.89. The lowest BCUT2D eigenvalue weighted by atomic mass is 10.1. The van der Waals surface area contributed by atoms with Crippen LogP contribution in [0.2, 0.25) is 0 Å². The van der Waals surface area contributed by atoms with Gasteiger partial charge in [-0.15, -0.1) is 0 Å². The van der Waals surface area contributed by atoms with Gasteiger partial charge >= 0.3 is 6.01 Å². The molecule has 1 N–H and O–H groups in total. The SMILES string of the molecule is COc1nc(CNC(=O)Cc2cn(C)c3ccccc23)nc(N2CCCC2)n1. The van der Waals surface area contributed by atoms with Gasteiger partial charge in [0, 0.05) is 37.2 Å². The van der Waals surface area contributed by atoms with E-state index in [1.165, 1.54) is 7.11 Å². The molecule has 146 valence electrons. The Hall–Kier alpha value is -3.16. The Bertz CT molecular complexity index is 994. The summed E-state index contributed by atoms with van der Waals surface area (Å²) in [5.74, 6) is 1.04. The summed E-state index contributed by atoms with van der Waals surface area (Å²) in [4.78, 5) is 27.7. The van der Waals surface area contributed by atoms with Crippen LogP contribution in [0.1, 0.15) is 24.2 Å². The van der Waals surface area contributed by atoms with Gasteiger partial charge in [0.25, 0.3) is 0 Å². The zero-order chi connectivity index (χ0) is 19.5. The molecule has 0 bridgehead atoms. The molecule has 1 saturated heterocycles. The monoisotopic (exact) mass is 380 g/mol. The minimum atomic E-state index is -0.0709. The number of anilines is 1. The number of para-hydroxylation sites is 1. The van der Waals surface area contributed by atoms with Crippen molar-refractivity contribution in [3.8, 4) is 6.01 Å². The summed E-state index contributed by atoms with van der Waals surface area (Å²) in [6.07, 6.45) is 4.57. The second kappa shape index (κ2) is 7.84. The first-order valence-electron chi connectivity index (χ1n) is 9.47. The Balaban J connectivity index is 1.45. The minimum Gasteiger partial charge on any atom is -0.467 e. The van der Waals surface area contributed by atoms with Crippen LogP contribution in [0.15, 0.2) is 30.5 Å². The Morgan fingerprint density at radius 2 is 1.96 bits per heavy atom. The fourth-order valence-electron chi connectivity index (χ4n) is 3.59. The molecule has 0 aliphatic carbocycles. The molecule has 1 aliphatic rings. The number of amides is 1. The van der Waals surface area contributed by atoms with Gasteiger partial charge in [-0.1, -0.05) is 18.2 Å². The van der Waals surface area contributed by atoms with Crippen LogP contribution in [0.4, 0.5) is 5.95 Å². The number of fused-ring (bicyclic) bond motifs is 1. The quantitative estimate of drug-likeness (QED) is 0.702. The molecule has 0 unspecified atom stereocenters. The lowest BCUT2D eigenvalue weighted by Crippen LogP contribution is -2.27. The first kappa shape index (κ1) is 18.2. The zero-order valence-corrected chi connectivity index (χ0v) is 16.2. The van der Waals surface area contributed by atoms with E-state index in [1.54, 1.807) is 0 Å². The van der Waals surface area contributed by atoms with E-state index in [2.05, 4.69) is 25.2 Å². The van der Waals surface area contributed by atoms with E-state index in [-0.39, 0.29) is 18.5 Å². The van der Waals surface area contributed by atoms with Gasteiger partial charge in [0.05, 0.1) is 20.1 Å². The Kier molecular flexibility index (Phi) is 5.10. The summed E-state index contributed by atoms with van der Waals surface area (Å²) in [5.41, 5.74) is 2.12. The lowest BCUT2D eigenvalue weighted by molar-refractivity contribution is -0.120. The van der Waals surface area contributed by atoms with E-state index in [4.69, 9.17) is 4.74 Å². The molecule has 8 heteroatoms. The molecule has 1 aliphatic heterocycles. The predicted octanol–water partition coefficient (Wildman–Crippen LogP) is 1.83. The number of nitrogens with zero attached hydrogens (tertiary/aromatic N) is 5. The van der Waals surface area contributed by atoms with Crippen molar-refractivity contribution in [2.75, 3.05) is 25.1 Å². The molecule has 0 atom stereocenters. The van der Waals surface area contributed by atoms with E-state index < -0.39 is 0 Å². The van der Waals surface area contributed by atoms with E-state index in [0.29, 0.717) is 18.2 Å². The maximum atomic E-state index is 12.5. The largest absolute Gasteiger partial charge is 0.467 e. The minimum absolute atomic E-state index is 0.0709. The third-order valence-electron chi connectivity index (χ3n) is 5.00. The van der Waals surface area contributed by atoms with E-state index >= 15 is 0 Å². The van der Waals surface area contributed by atoms with Crippen molar-refractivity contribution in [2.45, 2.75) is 25.8 Å². The summed E-state index contributed by atoms with van der Waals surface area (Å²) >= 11 is 0. The maximum Gasteiger partial charge on any atom is 0.321 e. The number of hydrogen-bond acceptors (Lipinski definition) is 6. The predicted molar refractivity (Wildman–Crippen MR) is 106 cm³/mol. The number of carbonyl (C=O) groups excluding carboxylic acids is 1. The number of carbonyl (C=O) groups is 1. The summed E-state index contributed by atoms with van der Waals surface area (Å²) in [7, 11) is 3.52. The molecule has 1 fully saturated rings. The van der Waals surface area contributed by atoms with Crippen LogP contribution >= 0.6 is 0 Å². The second-order valence-electron chi connectivity index (χ2n) is 6.97. The highest BCUT2D eigenvalue weighted by Crippen LogP contribution is 2.21. The van der Waals surface area contributed by atoms with Gasteiger partial charge in [0.15, 0.2) is 5.82 Å². The summed E-state index contributed by atoms with van der Waals surface area (Å²) in [6, 6.07) is 8.35. The topological polar surface area (TPSA) is 85.2 Å². The number of hydrogen-bond donors (Lipinski definition) is 1. The molecule has 8 nitrogen and oxygen atoms in total. The summed E-state index contributed by atoms with van der Waals surface area (Å²) in [5, 5.41) is 4.01. The van der Waals surface area contributed by atoms with Crippen LogP contribution in [-0.4, -0.2) is 45.6 Å².